The van der Waals surface area contributed by atoms with Crippen LogP contribution in [0, 0.1) is 0 Å². The van der Waals surface area contributed by atoms with Crippen molar-refractivity contribution in [2.24, 2.45) is 0 Å². The van der Waals surface area contributed by atoms with E-state index in [1.54, 1.807) is 25.2 Å². The molecule has 0 spiro atoms. The van der Waals surface area contributed by atoms with Gasteiger partial charge in [0.2, 0.25) is 5.91 Å². The van der Waals surface area contributed by atoms with Crippen molar-refractivity contribution < 1.29 is 14.3 Å². The molecular formula is C20H20BrNO3. The molecule has 4 nitrogen and oxygen atoms in total. The number of carbonyl (C=O) groups excluding carboxylic acids is 2. The third kappa shape index (κ3) is 4.79. The number of ether oxygens (including phenoxy) is 1. The summed E-state index contributed by atoms with van der Waals surface area (Å²) in [7, 11) is 0. The maximum Gasteiger partial charge on any atom is 0.336 e. The fraction of sp³-hybridized carbons (Fsp3) is 0.200. The summed E-state index contributed by atoms with van der Waals surface area (Å²) < 4.78 is 6.36. The van der Waals surface area contributed by atoms with Gasteiger partial charge in [-0.2, -0.15) is 0 Å². The second kappa shape index (κ2) is 8.62. The summed E-state index contributed by atoms with van der Waals surface area (Å²) in [6.07, 6.45) is 5.17. The Kier molecular flexibility index (Phi) is 6.53. The minimum atomic E-state index is -0.442. The molecule has 0 bridgehead atoms. The highest BCUT2D eigenvalue weighted by molar-refractivity contribution is 9.10. The first-order chi connectivity index (χ1) is 12.0. The van der Waals surface area contributed by atoms with Crippen LogP contribution in [0.1, 0.15) is 24.8 Å². The summed E-state index contributed by atoms with van der Waals surface area (Å²) in [5.41, 5.74) is 2.66. The Morgan fingerprint density at radius 3 is 2.64 bits per heavy atom. The molecular weight excluding hydrogens is 382 g/mol. The molecule has 1 aliphatic heterocycles. The smallest absolute Gasteiger partial charge is 0.336 e. The highest BCUT2D eigenvalue weighted by Gasteiger charge is 2.32. The minimum Gasteiger partial charge on any atom is -0.457 e. The van der Waals surface area contributed by atoms with E-state index in [1.165, 1.54) is 0 Å². The van der Waals surface area contributed by atoms with Crippen LogP contribution in [0.3, 0.4) is 0 Å². The molecule has 1 heterocycles. The van der Waals surface area contributed by atoms with Crippen LogP contribution in [0.4, 0.5) is 0 Å². The van der Waals surface area contributed by atoms with Crippen LogP contribution < -0.4 is 5.32 Å². The molecule has 1 aromatic rings. The molecule has 0 saturated carbocycles. The van der Waals surface area contributed by atoms with Crippen LogP contribution in [0.15, 0.2) is 77.0 Å². The Morgan fingerprint density at radius 2 is 2.04 bits per heavy atom. The number of benzene rings is 1. The number of esters is 1. The van der Waals surface area contributed by atoms with Gasteiger partial charge in [-0.05, 0) is 30.2 Å². The van der Waals surface area contributed by atoms with Crippen molar-refractivity contribution in [3.8, 4) is 0 Å². The maximum atomic E-state index is 12.7. The van der Waals surface area contributed by atoms with Crippen molar-refractivity contribution in [3.05, 3.63) is 82.5 Å². The lowest BCUT2D eigenvalue weighted by atomic mass is 9.84. The predicted molar refractivity (Wildman–Crippen MR) is 102 cm³/mol. The summed E-state index contributed by atoms with van der Waals surface area (Å²) in [4.78, 5) is 24.6. The van der Waals surface area contributed by atoms with Crippen molar-refractivity contribution in [1.82, 2.24) is 5.32 Å². The first-order valence-corrected chi connectivity index (χ1v) is 8.62. The van der Waals surface area contributed by atoms with Crippen molar-refractivity contribution >= 4 is 27.8 Å². The van der Waals surface area contributed by atoms with Crippen molar-refractivity contribution in [1.29, 1.82) is 0 Å². The van der Waals surface area contributed by atoms with Gasteiger partial charge in [-0.1, -0.05) is 59.4 Å². The first-order valence-electron chi connectivity index (χ1n) is 7.83. The van der Waals surface area contributed by atoms with Gasteiger partial charge in [0.05, 0.1) is 5.57 Å². The van der Waals surface area contributed by atoms with Crippen LogP contribution >= 0.6 is 15.9 Å². The number of nitrogens with one attached hydrogen (secondary N) is 1. The van der Waals surface area contributed by atoms with Crippen LogP contribution in [-0.4, -0.2) is 18.5 Å². The lowest BCUT2D eigenvalue weighted by Gasteiger charge is -2.26. The molecule has 1 aliphatic rings. The van der Waals surface area contributed by atoms with Gasteiger partial charge in [0.15, 0.2) is 0 Å². The van der Waals surface area contributed by atoms with Crippen LogP contribution in [0.25, 0.3) is 0 Å². The molecule has 0 saturated heterocycles. The van der Waals surface area contributed by atoms with Gasteiger partial charge in [-0.15, -0.1) is 0 Å². The predicted octanol–water partition coefficient (Wildman–Crippen LogP) is 4.17. The quantitative estimate of drug-likeness (QED) is 0.574. The monoisotopic (exact) mass is 401 g/mol. The Labute approximate surface area is 156 Å². The molecule has 1 amide bonds. The SMILES string of the molecule is C=C/C=C(\C=C)COC(=O)C1=C(C)NC(=O)CC1c1ccc(Br)cc1. The van der Waals surface area contributed by atoms with Gasteiger partial charge in [-0.3, -0.25) is 4.79 Å². The largest absolute Gasteiger partial charge is 0.457 e. The number of halogens is 1. The number of rotatable bonds is 6. The molecule has 25 heavy (non-hydrogen) atoms. The number of hydrogen-bond donors (Lipinski definition) is 1. The number of carbonyl (C=O) groups is 2. The zero-order chi connectivity index (χ0) is 18.4. The number of amides is 1. The van der Waals surface area contributed by atoms with Crippen LogP contribution in [0.5, 0.6) is 0 Å². The lowest BCUT2D eigenvalue weighted by molar-refractivity contribution is -0.138. The fourth-order valence-corrected chi connectivity index (χ4v) is 2.97. The van der Waals surface area contributed by atoms with E-state index >= 15 is 0 Å². The normalized spacial score (nSPS) is 17.8. The van der Waals surface area contributed by atoms with E-state index in [1.807, 2.05) is 24.3 Å². The van der Waals surface area contributed by atoms with Gasteiger partial charge < -0.3 is 10.1 Å². The van der Waals surface area contributed by atoms with Crippen molar-refractivity contribution in [2.75, 3.05) is 6.61 Å². The van der Waals surface area contributed by atoms with E-state index in [-0.39, 0.29) is 24.9 Å². The maximum absolute atomic E-state index is 12.7. The highest BCUT2D eigenvalue weighted by atomic mass is 79.9. The third-order valence-corrected chi connectivity index (χ3v) is 4.45. The Bertz CT molecular complexity index is 760. The molecule has 1 unspecified atom stereocenters. The number of hydrogen-bond acceptors (Lipinski definition) is 3. The topological polar surface area (TPSA) is 55.4 Å². The van der Waals surface area contributed by atoms with E-state index in [9.17, 15) is 9.59 Å². The molecule has 0 aliphatic carbocycles. The fourth-order valence-electron chi connectivity index (χ4n) is 2.70. The molecule has 5 heteroatoms. The molecule has 0 fully saturated rings. The standard InChI is InChI=1S/C20H20BrNO3/c1-4-6-14(5-2)12-25-20(24)19-13(3)22-18(23)11-17(19)15-7-9-16(21)10-8-15/h4-10,17H,1-2,11-12H2,3H3,(H,22,23)/b14-6+. The highest BCUT2D eigenvalue weighted by Crippen LogP contribution is 2.34. The zero-order valence-electron chi connectivity index (χ0n) is 14.0. The van der Waals surface area contributed by atoms with Gasteiger partial charge in [0.1, 0.15) is 6.61 Å². The Hall–Kier alpha value is -2.40. The minimum absolute atomic E-state index is 0.103. The summed E-state index contributed by atoms with van der Waals surface area (Å²) in [6.45, 7) is 9.12. The number of allylic oxidation sites excluding steroid dienone is 3. The van der Waals surface area contributed by atoms with Crippen molar-refractivity contribution in [3.63, 3.8) is 0 Å². The lowest BCUT2D eigenvalue weighted by Crippen LogP contribution is -2.34. The van der Waals surface area contributed by atoms with Crippen LogP contribution in [-0.2, 0) is 14.3 Å². The van der Waals surface area contributed by atoms with E-state index < -0.39 is 5.97 Å². The average molecular weight is 402 g/mol. The summed E-state index contributed by atoms with van der Waals surface area (Å²) in [6, 6.07) is 7.59. The van der Waals surface area contributed by atoms with E-state index in [2.05, 4.69) is 34.4 Å². The van der Waals surface area contributed by atoms with E-state index in [0.29, 0.717) is 11.3 Å². The van der Waals surface area contributed by atoms with E-state index in [4.69, 9.17) is 4.74 Å². The molecule has 130 valence electrons. The summed E-state index contributed by atoms with van der Waals surface area (Å²) in [5, 5.41) is 2.73. The molecule has 1 atom stereocenters. The van der Waals surface area contributed by atoms with Gasteiger partial charge in [-0.25, -0.2) is 4.79 Å². The third-order valence-electron chi connectivity index (χ3n) is 3.93. The average Bonchev–Trinajstić information content (AvgIpc) is 2.58. The molecule has 1 N–H and O–H groups in total. The Morgan fingerprint density at radius 1 is 1.36 bits per heavy atom. The summed E-state index contributed by atoms with van der Waals surface area (Å²) in [5.74, 6) is -0.882. The van der Waals surface area contributed by atoms with Gasteiger partial charge in [0, 0.05) is 22.5 Å². The van der Waals surface area contributed by atoms with Crippen LogP contribution in [0.2, 0.25) is 0 Å². The molecule has 0 radical (unpaired) electrons. The second-order valence-corrected chi connectivity index (χ2v) is 6.57. The van der Waals surface area contributed by atoms with Crippen molar-refractivity contribution in [2.45, 2.75) is 19.3 Å². The zero-order valence-corrected chi connectivity index (χ0v) is 15.6. The van der Waals surface area contributed by atoms with Gasteiger partial charge in [0.25, 0.3) is 0 Å². The Balaban J connectivity index is 2.28. The van der Waals surface area contributed by atoms with E-state index in [0.717, 1.165) is 15.6 Å². The first kappa shape index (κ1) is 18.9. The second-order valence-electron chi connectivity index (χ2n) is 5.65. The molecule has 2 rings (SSSR count). The molecule has 1 aromatic carbocycles. The molecule has 0 aromatic heterocycles. The van der Waals surface area contributed by atoms with Gasteiger partial charge >= 0.3 is 5.97 Å². The summed E-state index contributed by atoms with van der Waals surface area (Å²) >= 11 is 3.39.